The van der Waals surface area contributed by atoms with Crippen LogP contribution in [-0.4, -0.2) is 38.2 Å². The summed E-state index contributed by atoms with van der Waals surface area (Å²) < 4.78 is 13.4. The fraction of sp³-hybridized carbons (Fsp3) is 0.500. The Labute approximate surface area is 93.2 Å². The van der Waals surface area contributed by atoms with Gasteiger partial charge in [-0.2, -0.15) is 0 Å². The van der Waals surface area contributed by atoms with Crippen molar-refractivity contribution < 1.29 is 28.6 Å². The highest BCUT2D eigenvalue weighted by Crippen LogP contribution is 2.02. The van der Waals surface area contributed by atoms with Crippen LogP contribution in [0.3, 0.4) is 0 Å². The van der Waals surface area contributed by atoms with Crippen molar-refractivity contribution in [3.05, 3.63) is 12.2 Å². The highest BCUT2D eigenvalue weighted by Gasteiger charge is 2.15. The smallest absolute Gasteiger partial charge is 0.344 e. The molecule has 0 aliphatic carbocycles. The summed E-state index contributed by atoms with van der Waals surface area (Å²) in [5.74, 6) is -2.07. The summed E-state index contributed by atoms with van der Waals surface area (Å²) in [4.78, 5) is 32.8. The molecule has 0 heterocycles. The maximum Gasteiger partial charge on any atom is 0.344 e. The Hall–Kier alpha value is -1.85. The van der Waals surface area contributed by atoms with Crippen LogP contribution in [-0.2, 0) is 28.6 Å². The van der Waals surface area contributed by atoms with Gasteiger partial charge < -0.3 is 14.2 Å². The average Bonchev–Trinajstić information content (AvgIpc) is 2.25. The molecule has 0 N–H and O–H groups in total. The molecular weight excluding hydrogens is 216 g/mol. The van der Waals surface area contributed by atoms with Gasteiger partial charge >= 0.3 is 17.9 Å². The van der Waals surface area contributed by atoms with Gasteiger partial charge in [0.2, 0.25) is 0 Å². The van der Waals surface area contributed by atoms with Crippen molar-refractivity contribution in [2.24, 2.45) is 0 Å². The minimum atomic E-state index is -0.821. The minimum absolute atomic E-state index is 0.0730. The van der Waals surface area contributed by atoms with Crippen LogP contribution in [0.4, 0.5) is 0 Å². The molecule has 0 fully saturated rings. The predicted octanol–water partition coefficient (Wildman–Crippen LogP) is 0.212. The highest BCUT2D eigenvalue weighted by molar-refractivity contribution is 5.94. The topological polar surface area (TPSA) is 78.9 Å². The highest BCUT2D eigenvalue weighted by atomic mass is 16.6. The van der Waals surface area contributed by atoms with Crippen LogP contribution >= 0.6 is 0 Å². The number of hydrogen-bond donors (Lipinski definition) is 0. The zero-order valence-electron chi connectivity index (χ0n) is 9.28. The maximum atomic E-state index is 11.2. The predicted molar refractivity (Wildman–Crippen MR) is 53.4 cm³/mol. The molecule has 0 aliphatic heterocycles. The van der Waals surface area contributed by atoms with Crippen LogP contribution in [0, 0.1) is 0 Å². The molecule has 16 heavy (non-hydrogen) atoms. The fourth-order valence-corrected chi connectivity index (χ4v) is 0.748. The maximum absolute atomic E-state index is 11.2. The second-order valence-electron chi connectivity index (χ2n) is 2.74. The number of hydrogen-bond acceptors (Lipinski definition) is 6. The molecule has 0 aromatic heterocycles. The Bertz CT molecular complexity index is 294. The van der Waals surface area contributed by atoms with Crippen LogP contribution in [0.1, 0.15) is 13.3 Å². The average molecular weight is 230 g/mol. The van der Waals surface area contributed by atoms with E-state index >= 15 is 0 Å². The quantitative estimate of drug-likeness (QED) is 0.369. The molecule has 0 amide bonds. The lowest BCUT2D eigenvalue weighted by Crippen LogP contribution is -2.18. The molecule has 0 saturated carbocycles. The largest absolute Gasteiger partial charge is 0.469 e. The Balaban J connectivity index is 3.93. The third-order valence-corrected chi connectivity index (χ3v) is 1.50. The van der Waals surface area contributed by atoms with Gasteiger partial charge in [0.1, 0.15) is 0 Å². The first kappa shape index (κ1) is 14.2. The molecule has 0 rings (SSSR count). The third-order valence-electron chi connectivity index (χ3n) is 1.50. The number of esters is 3. The van der Waals surface area contributed by atoms with E-state index in [9.17, 15) is 14.4 Å². The van der Waals surface area contributed by atoms with Gasteiger partial charge in [-0.15, -0.1) is 0 Å². The van der Waals surface area contributed by atoms with Gasteiger partial charge in [0.05, 0.1) is 20.1 Å². The Kier molecular flexibility index (Phi) is 6.58. The zero-order valence-corrected chi connectivity index (χ0v) is 9.28. The van der Waals surface area contributed by atoms with Crippen molar-refractivity contribution in [1.82, 2.24) is 0 Å². The Morgan fingerprint density at radius 1 is 1.12 bits per heavy atom. The van der Waals surface area contributed by atoms with E-state index in [1.165, 1.54) is 7.11 Å². The summed E-state index contributed by atoms with van der Waals surface area (Å²) in [7, 11) is 1.19. The third kappa shape index (κ3) is 5.79. The summed E-state index contributed by atoms with van der Waals surface area (Å²) in [6.07, 6.45) is -0.266. The lowest BCUT2D eigenvalue weighted by Gasteiger charge is -2.05. The molecule has 0 aromatic rings. The van der Waals surface area contributed by atoms with Crippen molar-refractivity contribution in [3.63, 3.8) is 0 Å². The first-order valence-corrected chi connectivity index (χ1v) is 4.58. The number of rotatable bonds is 6. The van der Waals surface area contributed by atoms with E-state index in [-0.39, 0.29) is 18.6 Å². The summed E-state index contributed by atoms with van der Waals surface area (Å²) in [6.45, 7) is 4.69. The van der Waals surface area contributed by atoms with E-state index in [1.54, 1.807) is 6.92 Å². The summed E-state index contributed by atoms with van der Waals surface area (Å²) in [5, 5.41) is 0. The lowest BCUT2D eigenvalue weighted by molar-refractivity contribution is -0.156. The number of ether oxygens (including phenoxy) is 3. The van der Waals surface area contributed by atoms with E-state index in [0.717, 1.165) is 0 Å². The van der Waals surface area contributed by atoms with Crippen molar-refractivity contribution in [2.75, 3.05) is 20.3 Å². The van der Waals surface area contributed by atoms with Crippen LogP contribution in [0.15, 0.2) is 12.2 Å². The van der Waals surface area contributed by atoms with Gasteiger partial charge in [-0.05, 0) is 6.92 Å². The first-order valence-electron chi connectivity index (χ1n) is 4.58. The van der Waals surface area contributed by atoms with Gasteiger partial charge in [0.15, 0.2) is 6.61 Å². The van der Waals surface area contributed by atoms with Crippen molar-refractivity contribution >= 4 is 17.9 Å². The van der Waals surface area contributed by atoms with Gasteiger partial charge in [0, 0.05) is 5.57 Å². The minimum Gasteiger partial charge on any atom is -0.469 e. The van der Waals surface area contributed by atoms with Crippen LogP contribution in [0.25, 0.3) is 0 Å². The number of methoxy groups -OCH3 is 1. The van der Waals surface area contributed by atoms with Crippen LogP contribution in [0.2, 0.25) is 0 Å². The molecule has 0 radical (unpaired) electrons. The van der Waals surface area contributed by atoms with Crippen molar-refractivity contribution in [3.8, 4) is 0 Å². The zero-order chi connectivity index (χ0) is 12.6. The second-order valence-corrected chi connectivity index (χ2v) is 2.74. The molecule has 6 heteroatoms. The Morgan fingerprint density at radius 2 is 1.75 bits per heavy atom. The number of carbonyl (C=O) groups excluding carboxylic acids is 3. The van der Waals surface area contributed by atoms with Crippen molar-refractivity contribution in [1.29, 1.82) is 0 Å². The monoisotopic (exact) mass is 230 g/mol. The molecule has 0 aromatic carbocycles. The lowest BCUT2D eigenvalue weighted by atomic mass is 10.2. The second kappa shape index (κ2) is 7.44. The van der Waals surface area contributed by atoms with E-state index in [2.05, 4.69) is 20.8 Å². The summed E-state index contributed by atoms with van der Waals surface area (Å²) in [5.41, 5.74) is -0.0730. The molecule has 0 unspecified atom stereocenters. The summed E-state index contributed by atoms with van der Waals surface area (Å²) in [6, 6.07) is 0. The molecule has 90 valence electrons. The molecule has 6 nitrogen and oxygen atoms in total. The van der Waals surface area contributed by atoms with E-state index in [1.807, 2.05) is 0 Å². The molecule has 0 aliphatic rings. The SMILES string of the molecule is C=C(CC(=O)OC)C(=O)OCC(=O)OCC. The van der Waals surface area contributed by atoms with Crippen molar-refractivity contribution in [2.45, 2.75) is 13.3 Å². The molecule has 0 bridgehead atoms. The van der Waals surface area contributed by atoms with Gasteiger partial charge in [-0.3, -0.25) is 4.79 Å². The molecule has 0 spiro atoms. The standard InChI is InChI=1S/C10H14O6/c1-4-15-9(12)6-16-10(13)7(2)5-8(11)14-3/h2,4-6H2,1,3H3. The molecular formula is C10H14O6. The fourth-order valence-electron chi connectivity index (χ4n) is 0.748. The first-order chi connectivity index (χ1) is 7.51. The Morgan fingerprint density at radius 3 is 2.25 bits per heavy atom. The van der Waals surface area contributed by atoms with Crippen LogP contribution in [0.5, 0.6) is 0 Å². The van der Waals surface area contributed by atoms with Crippen LogP contribution < -0.4 is 0 Å². The van der Waals surface area contributed by atoms with E-state index in [0.29, 0.717) is 0 Å². The van der Waals surface area contributed by atoms with E-state index in [4.69, 9.17) is 0 Å². The van der Waals surface area contributed by atoms with Gasteiger partial charge in [-0.1, -0.05) is 6.58 Å². The molecule has 0 saturated heterocycles. The number of carbonyl (C=O) groups is 3. The molecule has 0 atom stereocenters. The van der Waals surface area contributed by atoms with E-state index < -0.39 is 24.5 Å². The van der Waals surface area contributed by atoms with Gasteiger partial charge in [-0.25, -0.2) is 9.59 Å². The normalized spacial score (nSPS) is 9.12. The summed E-state index contributed by atoms with van der Waals surface area (Å²) >= 11 is 0. The van der Waals surface area contributed by atoms with Gasteiger partial charge in [0.25, 0.3) is 0 Å².